The van der Waals surface area contributed by atoms with Gasteiger partial charge in [-0.25, -0.2) is 4.39 Å². The van der Waals surface area contributed by atoms with Crippen LogP contribution in [-0.4, -0.2) is 43.7 Å². The van der Waals surface area contributed by atoms with Gasteiger partial charge >= 0.3 is 5.97 Å². The molecule has 0 fully saturated rings. The summed E-state index contributed by atoms with van der Waals surface area (Å²) in [5.74, 6) is 0.395. The summed E-state index contributed by atoms with van der Waals surface area (Å²) in [6.45, 7) is 4.27. The van der Waals surface area contributed by atoms with E-state index in [4.69, 9.17) is 0 Å². The molecule has 1 heterocycles. The van der Waals surface area contributed by atoms with E-state index in [9.17, 15) is 9.18 Å². The number of hydrogen-bond acceptors (Lipinski definition) is 3. The smallest absolute Gasteiger partial charge is 0.305 e. The summed E-state index contributed by atoms with van der Waals surface area (Å²) < 4.78 is 17.9. The number of hydrogen-bond donors (Lipinski definition) is 3. The molecule has 156 valence electrons. The van der Waals surface area contributed by atoms with Gasteiger partial charge < -0.3 is 20.4 Å². The molecule has 0 unspecified atom stereocenters. The van der Waals surface area contributed by atoms with Crippen LogP contribution in [0, 0.1) is 5.82 Å². The van der Waals surface area contributed by atoms with Gasteiger partial charge in [0.05, 0.1) is 7.11 Å². The number of halogens is 2. The van der Waals surface area contributed by atoms with Gasteiger partial charge in [0.25, 0.3) is 0 Å². The highest BCUT2D eigenvalue weighted by molar-refractivity contribution is 14.0. The number of carbonyl (C=O) groups excluding carboxylic acids is 1. The number of carbonyl (C=O) groups is 1. The van der Waals surface area contributed by atoms with Crippen LogP contribution < -0.4 is 10.6 Å². The van der Waals surface area contributed by atoms with Gasteiger partial charge in [0.15, 0.2) is 5.96 Å². The molecule has 0 bridgehead atoms. The molecule has 0 aliphatic rings. The van der Waals surface area contributed by atoms with Gasteiger partial charge in [-0.3, -0.25) is 9.79 Å². The van der Waals surface area contributed by atoms with E-state index in [0.29, 0.717) is 13.0 Å². The van der Waals surface area contributed by atoms with Gasteiger partial charge in [-0.2, -0.15) is 0 Å². The molecule has 1 aromatic carbocycles. The Morgan fingerprint density at radius 2 is 2.07 bits per heavy atom. The Hall–Kier alpha value is -1.84. The number of aromatic amines is 1. The van der Waals surface area contributed by atoms with Crippen LogP contribution in [0.3, 0.4) is 0 Å². The fraction of sp³-hybridized carbons (Fsp3) is 0.500. The molecule has 0 saturated heterocycles. The molecule has 0 amide bonds. The first kappa shape index (κ1) is 24.2. The van der Waals surface area contributed by atoms with Crippen molar-refractivity contribution in [3.05, 3.63) is 35.8 Å². The van der Waals surface area contributed by atoms with Crippen molar-refractivity contribution >= 4 is 46.8 Å². The Balaban J connectivity index is 0.00000392. The first-order chi connectivity index (χ1) is 13.1. The lowest BCUT2D eigenvalue weighted by molar-refractivity contribution is -0.140. The molecule has 3 N–H and O–H groups in total. The maximum Gasteiger partial charge on any atom is 0.305 e. The van der Waals surface area contributed by atoms with Gasteiger partial charge in [0, 0.05) is 43.2 Å². The Labute approximate surface area is 182 Å². The minimum atomic E-state index is -0.234. The maximum absolute atomic E-state index is 13.3. The highest BCUT2D eigenvalue weighted by Gasteiger charge is 2.05. The number of fused-ring (bicyclic) bond motifs is 1. The predicted molar refractivity (Wildman–Crippen MR) is 122 cm³/mol. The van der Waals surface area contributed by atoms with E-state index in [0.717, 1.165) is 61.2 Å². The molecule has 0 aliphatic carbocycles. The standard InChI is InChI=1S/C20H29FN4O2.HI/c1-3-22-20(23-11-6-4-5-7-19(26)27-2)24-12-10-15-14-25-18-13-16(21)8-9-17(15)18;/h8-9,13-14,25H,3-7,10-12H2,1-2H3,(H2,22,23,24);1H. The molecule has 0 saturated carbocycles. The van der Waals surface area contributed by atoms with Gasteiger partial charge in [-0.1, -0.05) is 6.42 Å². The lowest BCUT2D eigenvalue weighted by Crippen LogP contribution is -2.38. The Kier molecular flexibility index (Phi) is 11.5. The summed E-state index contributed by atoms with van der Waals surface area (Å²) in [4.78, 5) is 18.7. The summed E-state index contributed by atoms with van der Waals surface area (Å²) >= 11 is 0. The number of methoxy groups -OCH3 is 1. The summed E-state index contributed by atoms with van der Waals surface area (Å²) in [6.07, 6.45) is 5.91. The van der Waals surface area contributed by atoms with Crippen molar-refractivity contribution in [3.63, 3.8) is 0 Å². The summed E-state index contributed by atoms with van der Waals surface area (Å²) in [5.41, 5.74) is 1.97. The summed E-state index contributed by atoms with van der Waals surface area (Å²) in [6, 6.07) is 4.81. The van der Waals surface area contributed by atoms with Crippen molar-refractivity contribution in [2.75, 3.05) is 26.7 Å². The van der Waals surface area contributed by atoms with Gasteiger partial charge in [-0.05, 0) is 49.9 Å². The second-order valence-electron chi connectivity index (χ2n) is 6.33. The number of ether oxygens (including phenoxy) is 1. The van der Waals surface area contributed by atoms with E-state index in [2.05, 4.69) is 25.3 Å². The molecule has 8 heteroatoms. The Morgan fingerprint density at radius 3 is 2.82 bits per heavy atom. The Morgan fingerprint density at radius 1 is 1.25 bits per heavy atom. The maximum atomic E-state index is 13.3. The molecule has 2 rings (SSSR count). The minimum Gasteiger partial charge on any atom is -0.469 e. The zero-order chi connectivity index (χ0) is 19.5. The number of unbranched alkanes of at least 4 members (excludes halogenated alkanes) is 2. The van der Waals surface area contributed by atoms with Crippen molar-refractivity contribution in [2.24, 2.45) is 4.99 Å². The zero-order valence-corrected chi connectivity index (χ0v) is 18.8. The molecule has 28 heavy (non-hydrogen) atoms. The average Bonchev–Trinajstić information content (AvgIpc) is 3.06. The van der Waals surface area contributed by atoms with E-state index >= 15 is 0 Å². The largest absolute Gasteiger partial charge is 0.469 e. The van der Waals surface area contributed by atoms with Crippen molar-refractivity contribution in [3.8, 4) is 0 Å². The number of esters is 1. The monoisotopic (exact) mass is 504 g/mol. The summed E-state index contributed by atoms with van der Waals surface area (Å²) in [5, 5.41) is 7.61. The van der Waals surface area contributed by atoms with Crippen LogP contribution in [0.4, 0.5) is 4.39 Å². The summed E-state index contributed by atoms with van der Waals surface area (Å²) in [7, 11) is 1.41. The number of rotatable bonds is 10. The molecule has 1 aromatic heterocycles. The van der Waals surface area contributed by atoms with Crippen LogP contribution in [0.15, 0.2) is 29.4 Å². The third kappa shape index (κ3) is 8.04. The topological polar surface area (TPSA) is 78.5 Å². The SMILES string of the molecule is CCNC(=NCCCCCC(=O)OC)NCCc1c[nH]c2cc(F)ccc12.I. The first-order valence-electron chi connectivity index (χ1n) is 9.48. The quantitative estimate of drug-likeness (QED) is 0.152. The third-order valence-corrected chi connectivity index (χ3v) is 4.30. The highest BCUT2D eigenvalue weighted by Crippen LogP contribution is 2.19. The lowest BCUT2D eigenvalue weighted by atomic mass is 10.1. The number of H-pyrrole nitrogens is 1. The van der Waals surface area contributed by atoms with Crippen LogP contribution in [-0.2, 0) is 16.0 Å². The van der Waals surface area contributed by atoms with Crippen LogP contribution >= 0.6 is 24.0 Å². The van der Waals surface area contributed by atoms with E-state index in [1.54, 1.807) is 0 Å². The van der Waals surface area contributed by atoms with Crippen molar-refractivity contribution in [2.45, 2.75) is 39.0 Å². The van der Waals surface area contributed by atoms with Crippen LogP contribution in [0.1, 0.15) is 38.2 Å². The van der Waals surface area contributed by atoms with Crippen molar-refractivity contribution in [1.82, 2.24) is 15.6 Å². The number of benzene rings is 1. The van der Waals surface area contributed by atoms with Crippen LogP contribution in [0.5, 0.6) is 0 Å². The van der Waals surface area contributed by atoms with Crippen molar-refractivity contribution in [1.29, 1.82) is 0 Å². The average molecular weight is 504 g/mol. The third-order valence-electron chi connectivity index (χ3n) is 4.30. The lowest BCUT2D eigenvalue weighted by Gasteiger charge is -2.11. The van der Waals surface area contributed by atoms with Crippen LogP contribution in [0.2, 0.25) is 0 Å². The van der Waals surface area contributed by atoms with Crippen molar-refractivity contribution < 1.29 is 13.9 Å². The van der Waals surface area contributed by atoms with E-state index in [-0.39, 0.29) is 35.8 Å². The normalized spacial score (nSPS) is 11.2. The van der Waals surface area contributed by atoms with E-state index in [1.807, 2.05) is 19.2 Å². The molecule has 2 aromatic rings. The van der Waals surface area contributed by atoms with Gasteiger partial charge in [-0.15, -0.1) is 24.0 Å². The predicted octanol–water partition coefficient (Wildman–Crippen LogP) is 3.76. The highest BCUT2D eigenvalue weighted by atomic mass is 127. The molecular weight excluding hydrogens is 474 g/mol. The molecule has 0 aliphatic heterocycles. The second-order valence-corrected chi connectivity index (χ2v) is 6.33. The molecule has 0 spiro atoms. The van der Waals surface area contributed by atoms with Crippen LogP contribution in [0.25, 0.3) is 10.9 Å². The first-order valence-corrected chi connectivity index (χ1v) is 9.48. The minimum absolute atomic E-state index is 0. The Bertz CT molecular complexity index is 764. The molecular formula is C20H30FIN4O2. The number of nitrogens with zero attached hydrogens (tertiary/aromatic N) is 1. The number of aromatic nitrogens is 1. The molecule has 0 radical (unpaired) electrons. The number of nitrogens with one attached hydrogen (secondary N) is 3. The van der Waals surface area contributed by atoms with E-state index < -0.39 is 0 Å². The van der Waals surface area contributed by atoms with E-state index in [1.165, 1.54) is 19.2 Å². The second kappa shape index (κ2) is 13.4. The number of guanidine groups is 1. The fourth-order valence-electron chi connectivity index (χ4n) is 2.87. The van der Waals surface area contributed by atoms with Gasteiger partial charge in [0.1, 0.15) is 5.82 Å². The zero-order valence-electron chi connectivity index (χ0n) is 16.5. The molecule has 0 atom stereocenters. The molecule has 6 nitrogen and oxygen atoms in total. The number of aliphatic imine (C=N–C) groups is 1. The fourth-order valence-corrected chi connectivity index (χ4v) is 2.87. The van der Waals surface area contributed by atoms with Gasteiger partial charge in [0.2, 0.25) is 0 Å².